The Morgan fingerprint density at radius 3 is 2.40 bits per heavy atom. The first-order valence-corrected chi connectivity index (χ1v) is 3.94. The molecular weight excluding hydrogens is 126 g/mol. The molecule has 1 aliphatic carbocycles. The molecule has 2 heteroatoms. The average molecular weight is 143 g/mol. The molecule has 0 amide bonds. The van der Waals surface area contributed by atoms with Gasteiger partial charge in [-0.3, -0.25) is 0 Å². The summed E-state index contributed by atoms with van der Waals surface area (Å²) in [5.74, 6) is 0. The minimum absolute atomic E-state index is 0.173. The summed E-state index contributed by atoms with van der Waals surface area (Å²) in [6, 6.07) is 0. The van der Waals surface area contributed by atoms with Crippen molar-refractivity contribution in [1.29, 1.82) is 0 Å². The van der Waals surface area contributed by atoms with Crippen LogP contribution >= 0.6 is 0 Å². The summed E-state index contributed by atoms with van der Waals surface area (Å²) in [6.07, 6.45) is 3.03. The van der Waals surface area contributed by atoms with Crippen LogP contribution < -0.4 is 5.73 Å². The molecule has 3 N–H and O–H groups in total. The van der Waals surface area contributed by atoms with Gasteiger partial charge in [-0.05, 0) is 38.1 Å². The van der Waals surface area contributed by atoms with Gasteiger partial charge >= 0.3 is 0 Å². The molecule has 2 nitrogen and oxygen atoms in total. The Bertz CT molecular complexity index is 127. The van der Waals surface area contributed by atoms with Gasteiger partial charge in [0.1, 0.15) is 0 Å². The minimum Gasteiger partial charge on any atom is -0.390 e. The highest BCUT2D eigenvalue weighted by atomic mass is 16.3. The first kappa shape index (κ1) is 8.02. The van der Waals surface area contributed by atoms with E-state index in [0.29, 0.717) is 6.54 Å². The summed E-state index contributed by atoms with van der Waals surface area (Å²) in [5.41, 5.74) is 5.03. The van der Waals surface area contributed by atoms with E-state index in [-0.39, 0.29) is 5.41 Å². The standard InChI is InChI=1S/C8H17NO/c1-7(3-4-7)8(2,10)5-6-9/h10H,3-6,9H2,1-2H3. The van der Waals surface area contributed by atoms with Gasteiger partial charge in [0.05, 0.1) is 5.60 Å². The molecule has 0 bridgehead atoms. The second-order valence-corrected chi connectivity index (χ2v) is 3.87. The lowest BCUT2D eigenvalue weighted by molar-refractivity contribution is -0.0129. The average Bonchev–Trinajstić information content (AvgIpc) is 2.49. The maximum absolute atomic E-state index is 9.83. The minimum atomic E-state index is -0.526. The van der Waals surface area contributed by atoms with Crippen molar-refractivity contribution in [3.8, 4) is 0 Å². The van der Waals surface area contributed by atoms with Crippen molar-refractivity contribution in [2.45, 2.75) is 38.7 Å². The van der Waals surface area contributed by atoms with Gasteiger partial charge in [0.15, 0.2) is 0 Å². The fourth-order valence-corrected chi connectivity index (χ4v) is 1.31. The molecule has 1 rings (SSSR count). The van der Waals surface area contributed by atoms with Crippen LogP contribution in [0.1, 0.15) is 33.1 Å². The molecule has 1 saturated carbocycles. The van der Waals surface area contributed by atoms with E-state index in [1.165, 1.54) is 0 Å². The predicted octanol–water partition coefficient (Wildman–Crippen LogP) is 0.886. The molecule has 60 valence electrons. The summed E-state index contributed by atoms with van der Waals surface area (Å²) in [4.78, 5) is 0. The van der Waals surface area contributed by atoms with Crippen LogP contribution in [0.2, 0.25) is 0 Å². The van der Waals surface area contributed by atoms with Crippen molar-refractivity contribution in [1.82, 2.24) is 0 Å². The van der Waals surface area contributed by atoms with Crippen LogP contribution in [0, 0.1) is 5.41 Å². The smallest absolute Gasteiger partial charge is 0.0685 e. The lowest BCUT2D eigenvalue weighted by Gasteiger charge is -2.29. The van der Waals surface area contributed by atoms with Gasteiger partial charge in [-0.2, -0.15) is 0 Å². The molecular formula is C8H17NO. The maximum atomic E-state index is 9.83. The Hall–Kier alpha value is -0.0800. The molecule has 0 aliphatic heterocycles. The Balaban J connectivity index is 2.50. The van der Waals surface area contributed by atoms with Gasteiger partial charge in [0, 0.05) is 0 Å². The van der Waals surface area contributed by atoms with Crippen LogP contribution in [0.3, 0.4) is 0 Å². The van der Waals surface area contributed by atoms with E-state index in [0.717, 1.165) is 19.3 Å². The zero-order chi connectivity index (χ0) is 7.83. The highest BCUT2D eigenvalue weighted by molar-refractivity contribution is 5.02. The number of rotatable bonds is 3. The van der Waals surface area contributed by atoms with E-state index in [1.807, 2.05) is 6.92 Å². The molecule has 0 aromatic heterocycles. The fraction of sp³-hybridized carbons (Fsp3) is 1.00. The van der Waals surface area contributed by atoms with Crippen LogP contribution in [-0.2, 0) is 0 Å². The van der Waals surface area contributed by atoms with Crippen molar-refractivity contribution >= 4 is 0 Å². The van der Waals surface area contributed by atoms with Crippen molar-refractivity contribution in [2.75, 3.05) is 6.54 Å². The molecule has 0 aromatic rings. The van der Waals surface area contributed by atoms with Gasteiger partial charge in [-0.25, -0.2) is 0 Å². The van der Waals surface area contributed by atoms with Crippen molar-refractivity contribution in [2.24, 2.45) is 11.1 Å². The molecule has 1 aliphatic rings. The second-order valence-electron chi connectivity index (χ2n) is 3.87. The van der Waals surface area contributed by atoms with E-state index in [9.17, 15) is 5.11 Å². The van der Waals surface area contributed by atoms with E-state index < -0.39 is 5.60 Å². The van der Waals surface area contributed by atoms with Crippen LogP contribution in [0.5, 0.6) is 0 Å². The third kappa shape index (κ3) is 1.18. The van der Waals surface area contributed by atoms with Gasteiger partial charge in [0.25, 0.3) is 0 Å². The third-order valence-electron chi connectivity index (χ3n) is 2.93. The van der Waals surface area contributed by atoms with Gasteiger partial charge in [0.2, 0.25) is 0 Å². The van der Waals surface area contributed by atoms with Crippen LogP contribution in [0.4, 0.5) is 0 Å². The zero-order valence-corrected chi connectivity index (χ0v) is 6.85. The first-order valence-electron chi connectivity index (χ1n) is 3.94. The monoisotopic (exact) mass is 143 g/mol. The van der Waals surface area contributed by atoms with Crippen molar-refractivity contribution in [3.63, 3.8) is 0 Å². The van der Waals surface area contributed by atoms with Crippen molar-refractivity contribution in [3.05, 3.63) is 0 Å². The van der Waals surface area contributed by atoms with Gasteiger partial charge in [-0.15, -0.1) is 0 Å². The molecule has 0 heterocycles. The SMILES string of the molecule is CC(O)(CCN)C1(C)CC1. The van der Waals surface area contributed by atoms with E-state index in [2.05, 4.69) is 6.92 Å². The summed E-state index contributed by atoms with van der Waals surface area (Å²) < 4.78 is 0. The largest absolute Gasteiger partial charge is 0.390 e. The number of hydrogen-bond acceptors (Lipinski definition) is 2. The summed E-state index contributed by atoms with van der Waals surface area (Å²) in [6.45, 7) is 4.61. The number of aliphatic hydroxyl groups is 1. The van der Waals surface area contributed by atoms with E-state index in [4.69, 9.17) is 5.73 Å². The van der Waals surface area contributed by atoms with Crippen LogP contribution in [-0.4, -0.2) is 17.3 Å². The Morgan fingerprint density at radius 1 is 1.60 bits per heavy atom. The quantitative estimate of drug-likeness (QED) is 0.616. The van der Waals surface area contributed by atoms with E-state index in [1.54, 1.807) is 0 Å². The molecule has 10 heavy (non-hydrogen) atoms. The molecule has 0 radical (unpaired) electrons. The number of hydrogen-bond donors (Lipinski definition) is 2. The second kappa shape index (κ2) is 2.21. The molecule has 0 spiro atoms. The Morgan fingerprint density at radius 2 is 2.10 bits per heavy atom. The fourth-order valence-electron chi connectivity index (χ4n) is 1.31. The highest BCUT2D eigenvalue weighted by Crippen LogP contribution is 2.54. The Kier molecular flexibility index (Phi) is 1.77. The molecule has 1 atom stereocenters. The predicted molar refractivity (Wildman–Crippen MR) is 41.6 cm³/mol. The lowest BCUT2D eigenvalue weighted by Crippen LogP contribution is -2.36. The Labute approximate surface area is 62.4 Å². The summed E-state index contributed by atoms with van der Waals surface area (Å²) >= 11 is 0. The van der Waals surface area contributed by atoms with Crippen molar-refractivity contribution < 1.29 is 5.11 Å². The topological polar surface area (TPSA) is 46.2 Å². The lowest BCUT2D eigenvalue weighted by atomic mass is 9.85. The molecule has 1 unspecified atom stereocenters. The molecule has 0 aromatic carbocycles. The van der Waals surface area contributed by atoms with Crippen LogP contribution in [0.25, 0.3) is 0 Å². The zero-order valence-electron chi connectivity index (χ0n) is 6.85. The van der Waals surface area contributed by atoms with Crippen LogP contribution in [0.15, 0.2) is 0 Å². The van der Waals surface area contributed by atoms with E-state index >= 15 is 0 Å². The normalized spacial score (nSPS) is 27.6. The highest BCUT2D eigenvalue weighted by Gasteiger charge is 2.51. The maximum Gasteiger partial charge on any atom is 0.0685 e. The third-order valence-corrected chi connectivity index (χ3v) is 2.93. The summed E-state index contributed by atoms with van der Waals surface area (Å²) in [7, 11) is 0. The number of nitrogens with two attached hydrogens (primary N) is 1. The molecule has 1 fully saturated rings. The molecule has 0 saturated heterocycles. The van der Waals surface area contributed by atoms with Gasteiger partial charge < -0.3 is 10.8 Å². The van der Waals surface area contributed by atoms with Gasteiger partial charge in [-0.1, -0.05) is 6.92 Å². The first-order chi connectivity index (χ1) is 4.52. The summed E-state index contributed by atoms with van der Waals surface area (Å²) in [5, 5.41) is 9.83.